The van der Waals surface area contributed by atoms with Gasteiger partial charge in [0.1, 0.15) is 0 Å². The molecule has 0 aliphatic carbocycles. The highest BCUT2D eigenvalue weighted by Crippen LogP contribution is 2.18. The minimum Gasteiger partial charge on any atom is -0.370 e. The molecule has 0 unspecified atom stereocenters. The lowest BCUT2D eigenvalue weighted by molar-refractivity contribution is 0.0954. The van der Waals surface area contributed by atoms with Crippen LogP contribution >= 0.6 is 0 Å². The van der Waals surface area contributed by atoms with Gasteiger partial charge in [0.15, 0.2) is 5.82 Å². The number of likely N-dealkylation sites (N-methyl/N-ethyl adjacent to an activating group) is 1. The SMILES string of the molecule is CCN(CCNC(=O)c1ccc(-c2nc(C)no2)cc1)c1cccc(C)c1. The average molecular weight is 364 g/mol. The normalized spacial score (nSPS) is 10.6. The smallest absolute Gasteiger partial charge is 0.257 e. The van der Waals surface area contributed by atoms with Crippen molar-refractivity contribution in [2.24, 2.45) is 0 Å². The lowest BCUT2D eigenvalue weighted by atomic mass is 10.1. The van der Waals surface area contributed by atoms with Crippen LogP contribution in [0, 0.1) is 13.8 Å². The molecule has 3 aromatic rings. The average Bonchev–Trinajstić information content (AvgIpc) is 3.11. The van der Waals surface area contributed by atoms with Gasteiger partial charge in [0.25, 0.3) is 11.8 Å². The zero-order valence-corrected chi connectivity index (χ0v) is 15.9. The van der Waals surface area contributed by atoms with E-state index in [1.807, 2.05) is 12.1 Å². The Hall–Kier alpha value is -3.15. The minimum absolute atomic E-state index is 0.0939. The van der Waals surface area contributed by atoms with Crippen molar-refractivity contribution in [3.63, 3.8) is 0 Å². The van der Waals surface area contributed by atoms with Crippen molar-refractivity contribution in [2.75, 3.05) is 24.5 Å². The summed E-state index contributed by atoms with van der Waals surface area (Å²) < 4.78 is 5.14. The van der Waals surface area contributed by atoms with Crippen molar-refractivity contribution < 1.29 is 9.32 Å². The van der Waals surface area contributed by atoms with Gasteiger partial charge in [-0.1, -0.05) is 17.3 Å². The van der Waals surface area contributed by atoms with E-state index in [4.69, 9.17) is 4.52 Å². The Labute approximate surface area is 159 Å². The molecular weight excluding hydrogens is 340 g/mol. The van der Waals surface area contributed by atoms with Gasteiger partial charge in [0, 0.05) is 36.4 Å². The van der Waals surface area contributed by atoms with Crippen LogP contribution in [0.15, 0.2) is 53.1 Å². The lowest BCUT2D eigenvalue weighted by Gasteiger charge is -2.23. The molecule has 2 aromatic carbocycles. The first-order valence-electron chi connectivity index (χ1n) is 9.07. The topological polar surface area (TPSA) is 71.3 Å². The van der Waals surface area contributed by atoms with Crippen LogP contribution in [-0.4, -0.2) is 35.7 Å². The first kappa shape index (κ1) is 18.6. The highest BCUT2D eigenvalue weighted by molar-refractivity contribution is 5.94. The van der Waals surface area contributed by atoms with E-state index >= 15 is 0 Å². The van der Waals surface area contributed by atoms with Gasteiger partial charge in [-0.25, -0.2) is 0 Å². The summed E-state index contributed by atoms with van der Waals surface area (Å²) in [5.74, 6) is 0.945. The molecule has 140 valence electrons. The van der Waals surface area contributed by atoms with Gasteiger partial charge in [0.05, 0.1) is 0 Å². The number of benzene rings is 2. The zero-order chi connectivity index (χ0) is 19.2. The van der Waals surface area contributed by atoms with Gasteiger partial charge in [-0.2, -0.15) is 4.98 Å². The third-order valence-corrected chi connectivity index (χ3v) is 4.34. The quantitative estimate of drug-likeness (QED) is 0.693. The largest absolute Gasteiger partial charge is 0.370 e. The number of rotatable bonds is 7. The Morgan fingerprint density at radius 2 is 1.93 bits per heavy atom. The summed E-state index contributed by atoms with van der Waals surface area (Å²) in [6, 6.07) is 15.5. The number of nitrogens with one attached hydrogen (secondary N) is 1. The van der Waals surface area contributed by atoms with E-state index in [0.29, 0.717) is 23.8 Å². The molecule has 3 rings (SSSR count). The molecule has 0 atom stereocenters. The number of nitrogens with zero attached hydrogens (tertiary/aromatic N) is 3. The van der Waals surface area contributed by atoms with Gasteiger partial charge in [-0.15, -0.1) is 0 Å². The van der Waals surface area contributed by atoms with Crippen molar-refractivity contribution in [2.45, 2.75) is 20.8 Å². The van der Waals surface area contributed by atoms with Crippen LogP contribution in [0.4, 0.5) is 5.69 Å². The molecule has 1 aromatic heterocycles. The van der Waals surface area contributed by atoms with Crippen molar-refractivity contribution in [1.29, 1.82) is 0 Å². The Bertz CT molecular complexity index is 903. The molecule has 6 nitrogen and oxygen atoms in total. The summed E-state index contributed by atoms with van der Waals surface area (Å²) in [5, 5.41) is 6.76. The monoisotopic (exact) mass is 364 g/mol. The molecule has 0 bridgehead atoms. The van der Waals surface area contributed by atoms with E-state index in [9.17, 15) is 4.79 Å². The summed E-state index contributed by atoms with van der Waals surface area (Å²) in [6.45, 7) is 8.18. The number of anilines is 1. The second-order valence-corrected chi connectivity index (χ2v) is 6.40. The maximum absolute atomic E-state index is 12.4. The molecule has 6 heteroatoms. The molecule has 0 saturated heterocycles. The van der Waals surface area contributed by atoms with E-state index in [1.165, 1.54) is 11.3 Å². The number of carbonyl (C=O) groups is 1. The van der Waals surface area contributed by atoms with Crippen LogP contribution in [0.1, 0.15) is 28.7 Å². The van der Waals surface area contributed by atoms with Crippen LogP contribution in [0.5, 0.6) is 0 Å². The molecule has 1 amide bonds. The third kappa shape index (κ3) is 4.73. The summed E-state index contributed by atoms with van der Waals surface area (Å²) >= 11 is 0. The van der Waals surface area contributed by atoms with Crippen LogP contribution < -0.4 is 10.2 Å². The molecule has 1 heterocycles. The van der Waals surface area contributed by atoms with Gasteiger partial charge in [-0.3, -0.25) is 4.79 Å². The number of aromatic nitrogens is 2. The van der Waals surface area contributed by atoms with Crippen LogP contribution in [0.3, 0.4) is 0 Å². The van der Waals surface area contributed by atoms with E-state index < -0.39 is 0 Å². The zero-order valence-electron chi connectivity index (χ0n) is 15.9. The van der Waals surface area contributed by atoms with Crippen molar-refractivity contribution >= 4 is 11.6 Å². The highest BCUT2D eigenvalue weighted by atomic mass is 16.5. The molecule has 27 heavy (non-hydrogen) atoms. The molecule has 0 radical (unpaired) electrons. The predicted octanol–water partition coefficient (Wildman–Crippen LogP) is 3.61. The molecule has 1 N–H and O–H groups in total. The maximum atomic E-state index is 12.4. The summed E-state index contributed by atoms with van der Waals surface area (Å²) in [5.41, 5.74) is 3.80. The third-order valence-electron chi connectivity index (χ3n) is 4.34. The van der Waals surface area contributed by atoms with E-state index in [-0.39, 0.29) is 5.91 Å². The molecular formula is C21H24N4O2. The first-order valence-corrected chi connectivity index (χ1v) is 9.07. The number of amides is 1. The molecule has 0 aliphatic rings. The number of aryl methyl sites for hydroxylation is 2. The Kier molecular flexibility index (Phi) is 5.86. The summed E-state index contributed by atoms with van der Waals surface area (Å²) in [6.07, 6.45) is 0. The molecule has 0 saturated carbocycles. The van der Waals surface area contributed by atoms with Crippen LogP contribution in [-0.2, 0) is 0 Å². The van der Waals surface area contributed by atoms with E-state index in [1.54, 1.807) is 19.1 Å². The van der Waals surface area contributed by atoms with Gasteiger partial charge in [0.2, 0.25) is 0 Å². The molecule has 0 fully saturated rings. The van der Waals surface area contributed by atoms with Gasteiger partial charge < -0.3 is 14.7 Å². The fourth-order valence-corrected chi connectivity index (χ4v) is 2.88. The first-order chi connectivity index (χ1) is 13.1. The molecule has 0 aliphatic heterocycles. The van der Waals surface area contributed by atoms with Crippen LogP contribution in [0.25, 0.3) is 11.5 Å². The maximum Gasteiger partial charge on any atom is 0.257 e. The standard InChI is InChI=1S/C21H24N4O2/c1-4-25(19-7-5-6-15(2)14-19)13-12-22-20(26)17-8-10-18(11-9-17)21-23-16(3)24-27-21/h5-11,14H,4,12-13H2,1-3H3,(H,22,26). The van der Waals surface area contributed by atoms with Crippen molar-refractivity contribution in [1.82, 2.24) is 15.5 Å². The summed E-state index contributed by atoms with van der Waals surface area (Å²) in [4.78, 5) is 18.8. The minimum atomic E-state index is -0.0939. The summed E-state index contributed by atoms with van der Waals surface area (Å²) in [7, 11) is 0. The second kappa shape index (κ2) is 8.49. The van der Waals surface area contributed by atoms with Crippen molar-refractivity contribution in [3.8, 4) is 11.5 Å². The van der Waals surface area contributed by atoms with E-state index in [0.717, 1.165) is 18.7 Å². The second-order valence-electron chi connectivity index (χ2n) is 6.40. The fourth-order valence-electron chi connectivity index (χ4n) is 2.88. The highest BCUT2D eigenvalue weighted by Gasteiger charge is 2.10. The van der Waals surface area contributed by atoms with Crippen LogP contribution in [0.2, 0.25) is 0 Å². The number of hydrogen-bond acceptors (Lipinski definition) is 5. The Balaban J connectivity index is 1.55. The number of hydrogen-bond donors (Lipinski definition) is 1. The van der Waals surface area contributed by atoms with Gasteiger partial charge >= 0.3 is 0 Å². The number of carbonyl (C=O) groups excluding carboxylic acids is 1. The fraction of sp³-hybridized carbons (Fsp3) is 0.286. The Morgan fingerprint density at radius 1 is 1.15 bits per heavy atom. The van der Waals surface area contributed by atoms with E-state index in [2.05, 4.69) is 58.5 Å². The van der Waals surface area contributed by atoms with Gasteiger partial charge in [-0.05, 0) is 62.7 Å². The Morgan fingerprint density at radius 3 is 2.56 bits per heavy atom. The predicted molar refractivity (Wildman–Crippen MR) is 106 cm³/mol. The van der Waals surface area contributed by atoms with Crippen molar-refractivity contribution in [3.05, 3.63) is 65.5 Å². The molecule has 0 spiro atoms. The lowest BCUT2D eigenvalue weighted by Crippen LogP contribution is -2.35.